The third kappa shape index (κ3) is 10.8. The molecular weight excluding hydrogens is 418 g/mol. The van der Waals surface area contributed by atoms with E-state index in [1.54, 1.807) is 0 Å². The quantitative estimate of drug-likeness (QED) is 0.343. The topological polar surface area (TPSA) is 34.7 Å². The molecule has 0 bridgehead atoms. The molecule has 0 amide bonds. The van der Waals surface area contributed by atoms with Crippen LogP contribution in [0.3, 0.4) is 0 Å². The van der Waals surface area contributed by atoms with E-state index in [1.807, 2.05) is 0 Å². The van der Waals surface area contributed by atoms with Gasteiger partial charge in [0.1, 0.15) is 0 Å². The summed E-state index contributed by atoms with van der Waals surface area (Å²) in [5.74, 6) is 0. The van der Waals surface area contributed by atoms with Gasteiger partial charge in [-0.25, -0.2) is 0 Å². The molecule has 1 unspecified atom stereocenters. The van der Waals surface area contributed by atoms with Crippen LogP contribution in [0.2, 0.25) is 0 Å². The summed E-state index contributed by atoms with van der Waals surface area (Å²) in [4.78, 5) is 5.22. The first-order valence-corrected chi connectivity index (χ1v) is 13.3. The molecule has 6 heteroatoms. The number of hydrogen-bond acceptors (Lipinski definition) is 2. The molecule has 0 radical (unpaired) electrons. The van der Waals surface area contributed by atoms with E-state index in [2.05, 4.69) is 70.5 Å². The second-order valence-electron chi connectivity index (χ2n) is 9.74. The summed E-state index contributed by atoms with van der Waals surface area (Å²) in [7, 11) is 0. The first kappa shape index (κ1) is 30.7. The number of hydrogen-bond donors (Lipinski definition) is 0. The van der Waals surface area contributed by atoms with E-state index in [4.69, 9.17) is 10.6 Å². The van der Waals surface area contributed by atoms with Crippen LogP contribution in [-0.2, 0) is 0 Å². The summed E-state index contributed by atoms with van der Waals surface area (Å²) < 4.78 is 0. The van der Waals surface area contributed by atoms with Gasteiger partial charge in [0, 0.05) is 0 Å². The molecule has 2 saturated heterocycles. The van der Waals surface area contributed by atoms with E-state index >= 15 is 0 Å². The number of rotatable bonds is 12. The minimum absolute atomic E-state index is 0. The van der Waals surface area contributed by atoms with Gasteiger partial charge in [-0.05, 0) is 65.0 Å². The SMILES string of the molecule is [Li+].[Li+].c1ccc(C(CN2CCCCC2)[N-]CCC[N-][C@H](CN2CCCCC2)c2ccccc2)cc1. The molecule has 0 aromatic heterocycles. The third-order valence-electron chi connectivity index (χ3n) is 7.14. The van der Waals surface area contributed by atoms with E-state index in [0.717, 1.165) is 32.6 Å². The predicted octanol–water partition coefficient (Wildman–Crippen LogP) is 0.586. The Hall–Kier alpha value is -0.525. The molecule has 35 heavy (non-hydrogen) atoms. The second-order valence-corrected chi connectivity index (χ2v) is 9.74. The Morgan fingerprint density at radius 2 is 0.914 bits per heavy atom. The van der Waals surface area contributed by atoms with Crippen LogP contribution >= 0.6 is 0 Å². The molecule has 0 aliphatic carbocycles. The van der Waals surface area contributed by atoms with Crippen LogP contribution in [0, 0.1) is 0 Å². The Morgan fingerprint density at radius 3 is 1.29 bits per heavy atom. The molecule has 2 aromatic rings. The van der Waals surface area contributed by atoms with Crippen LogP contribution in [0.5, 0.6) is 0 Å². The Labute approximate surface area is 238 Å². The van der Waals surface area contributed by atoms with E-state index < -0.39 is 0 Å². The molecule has 2 heterocycles. The molecular formula is C29H42Li2N4. The Bertz CT molecular complexity index is 699. The number of piperidine rings is 2. The number of likely N-dealkylation sites (tertiary alicyclic amines) is 2. The fourth-order valence-corrected chi connectivity index (χ4v) is 5.23. The van der Waals surface area contributed by atoms with Gasteiger partial charge in [-0.3, -0.25) is 0 Å². The smallest absolute Gasteiger partial charge is 0.655 e. The van der Waals surface area contributed by atoms with Crippen molar-refractivity contribution in [3.63, 3.8) is 0 Å². The zero-order valence-electron chi connectivity index (χ0n) is 22.3. The summed E-state index contributed by atoms with van der Waals surface area (Å²) in [6.07, 6.45) is 9.12. The molecule has 4 nitrogen and oxygen atoms in total. The second kappa shape index (κ2) is 17.8. The predicted molar refractivity (Wildman–Crippen MR) is 140 cm³/mol. The van der Waals surface area contributed by atoms with E-state index in [0.29, 0.717) is 0 Å². The van der Waals surface area contributed by atoms with E-state index in [9.17, 15) is 0 Å². The number of benzene rings is 2. The Balaban J connectivity index is 0.00000216. The minimum atomic E-state index is 0. The van der Waals surface area contributed by atoms with Crippen molar-refractivity contribution in [2.24, 2.45) is 0 Å². The third-order valence-corrected chi connectivity index (χ3v) is 7.14. The van der Waals surface area contributed by atoms with E-state index in [1.165, 1.54) is 75.8 Å². The van der Waals surface area contributed by atoms with Crippen molar-refractivity contribution in [2.45, 2.75) is 57.0 Å². The average Bonchev–Trinajstić information content (AvgIpc) is 2.89. The van der Waals surface area contributed by atoms with Gasteiger partial charge in [0.25, 0.3) is 0 Å². The van der Waals surface area contributed by atoms with Crippen LogP contribution in [0.15, 0.2) is 60.7 Å². The zero-order valence-corrected chi connectivity index (χ0v) is 22.3. The van der Waals surface area contributed by atoms with Crippen molar-refractivity contribution in [1.82, 2.24) is 9.80 Å². The Kier molecular flexibility index (Phi) is 15.7. The molecule has 0 saturated carbocycles. The fraction of sp³-hybridized carbons (Fsp3) is 0.586. The van der Waals surface area contributed by atoms with Crippen LogP contribution in [0.1, 0.15) is 68.2 Å². The van der Waals surface area contributed by atoms with Gasteiger partial charge in [-0.2, -0.15) is 13.1 Å². The summed E-state index contributed by atoms with van der Waals surface area (Å²) in [5, 5.41) is 10.3. The molecule has 2 fully saturated rings. The minimum Gasteiger partial charge on any atom is -0.655 e. The summed E-state index contributed by atoms with van der Waals surface area (Å²) in [5.41, 5.74) is 2.71. The molecule has 2 aromatic carbocycles. The first-order valence-electron chi connectivity index (χ1n) is 13.3. The van der Waals surface area contributed by atoms with E-state index in [-0.39, 0.29) is 49.8 Å². The van der Waals surface area contributed by atoms with Crippen molar-refractivity contribution in [3.8, 4) is 0 Å². The molecule has 4 rings (SSSR count). The van der Waals surface area contributed by atoms with Crippen molar-refractivity contribution in [3.05, 3.63) is 82.4 Å². The van der Waals surface area contributed by atoms with Crippen LogP contribution in [-0.4, -0.2) is 62.2 Å². The van der Waals surface area contributed by atoms with Crippen LogP contribution in [0.25, 0.3) is 10.6 Å². The summed E-state index contributed by atoms with van der Waals surface area (Å²) in [6, 6.07) is 22.3. The van der Waals surface area contributed by atoms with Gasteiger partial charge in [0.15, 0.2) is 0 Å². The maximum Gasteiger partial charge on any atom is 1.00 e. The molecule has 0 spiro atoms. The maximum atomic E-state index is 5.16. The molecule has 2 aliphatic heterocycles. The molecule has 0 N–H and O–H groups in total. The van der Waals surface area contributed by atoms with Gasteiger partial charge < -0.3 is 20.4 Å². The molecule has 180 valence electrons. The zero-order chi connectivity index (χ0) is 22.6. The van der Waals surface area contributed by atoms with Crippen molar-refractivity contribution in [2.75, 3.05) is 52.4 Å². The molecule has 2 aliphatic rings. The monoisotopic (exact) mass is 460 g/mol. The molecule has 2 atom stereocenters. The average molecular weight is 461 g/mol. The Morgan fingerprint density at radius 1 is 0.543 bits per heavy atom. The van der Waals surface area contributed by atoms with Gasteiger partial charge in [0.05, 0.1) is 0 Å². The van der Waals surface area contributed by atoms with Crippen LogP contribution in [0.4, 0.5) is 0 Å². The van der Waals surface area contributed by atoms with Crippen molar-refractivity contribution < 1.29 is 37.7 Å². The summed E-state index contributed by atoms with van der Waals surface area (Å²) >= 11 is 0. The fourth-order valence-electron chi connectivity index (χ4n) is 5.23. The van der Waals surface area contributed by atoms with Crippen LogP contribution < -0.4 is 37.7 Å². The first-order chi connectivity index (χ1) is 16.4. The van der Waals surface area contributed by atoms with Crippen molar-refractivity contribution in [1.29, 1.82) is 0 Å². The van der Waals surface area contributed by atoms with Crippen molar-refractivity contribution >= 4 is 0 Å². The summed E-state index contributed by atoms with van der Waals surface area (Å²) in [6.45, 7) is 8.80. The largest absolute Gasteiger partial charge is 1.00 e. The standard InChI is InChI=1S/C29H42N4.2Li/c1-5-14-26(15-6-1)28(24-32-20-9-3-10-21-32)30-18-13-19-31-29(27-16-7-2-8-17-27)25-33-22-11-4-12-23-33;;/h1-2,5-8,14-17,28-29H,3-4,9-13,18-25H2;;/q-2;2*+1/t28-,29?;;/m1../s1. The van der Waals surface area contributed by atoms with Gasteiger partial charge >= 0.3 is 37.7 Å². The van der Waals surface area contributed by atoms with Gasteiger partial charge in [-0.1, -0.05) is 103 Å². The maximum absolute atomic E-state index is 5.16. The number of nitrogens with zero attached hydrogens (tertiary/aromatic N) is 4. The van der Waals surface area contributed by atoms with Gasteiger partial charge in [0.2, 0.25) is 0 Å². The van der Waals surface area contributed by atoms with Gasteiger partial charge in [-0.15, -0.1) is 0 Å². The normalized spacial score (nSPS) is 18.7.